The van der Waals surface area contributed by atoms with Gasteiger partial charge in [0.2, 0.25) is 5.95 Å². The molecule has 0 aromatic carbocycles. The zero-order valence-electron chi connectivity index (χ0n) is 10.2. The molecule has 4 unspecified atom stereocenters. The van der Waals surface area contributed by atoms with E-state index < -0.39 is 0 Å². The number of ether oxygens (including phenoxy) is 1. The lowest BCUT2D eigenvalue weighted by molar-refractivity contribution is 0.00510. The van der Waals surface area contributed by atoms with E-state index in [1.807, 2.05) is 6.07 Å². The second-order valence-electron chi connectivity index (χ2n) is 5.12. The number of nitrogens with two attached hydrogens (primary N) is 1. The molecule has 3 heterocycles. The molecule has 0 radical (unpaired) electrons. The Morgan fingerprint density at radius 3 is 3.26 bits per heavy atom. The number of pyridine rings is 1. The predicted octanol–water partition coefficient (Wildman–Crippen LogP) is 0.909. The molecule has 2 fully saturated rings. The molecule has 1 aliphatic heterocycles. The molecule has 4 atom stereocenters. The minimum absolute atomic E-state index is 0.0976. The third-order valence-electron chi connectivity index (χ3n) is 4.04. The van der Waals surface area contributed by atoms with Gasteiger partial charge in [-0.3, -0.25) is 0 Å². The summed E-state index contributed by atoms with van der Waals surface area (Å²) >= 11 is 5.92. The summed E-state index contributed by atoms with van der Waals surface area (Å²) in [5.41, 5.74) is 6.90. The molecule has 0 amide bonds. The number of nitrogens with zero attached hydrogens (tertiary/aromatic N) is 3. The van der Waals surface area contributed by atoms with Crippen molar-refractivity contribution in [1.29, 1.82) is 0 Å². The summed E-state index contributed by atoms with van der Waals surface area (Å²) in [6.45, 7) is 0.801. The summed E-state index contributed by atoms with van der Waals surface area (Å²) in [4.78, 5) is 4.40. The van der Waals surface area contributed by atoms with Gasteiger partial charge in [0.25, 0.3) is 0 Å². The van der Waals surface area contributed by atoms with Crippen molar-refractivity contribution in [3.8, 4) is 0 Å². The van der Waals surface area contributed by atoms with Gasteiger partial charge in [-0.05, 0) is 18.6 Å². The smallest absolute Gasteiger partial charge is 0.243 e. The fourth-order valence-electron chi connectivity index (χ4n) is 3.00. The molecule has 1 aliphatic carbocycles. The Labute approximate surface area is 114 Å². The molecule has 1 saturated carbocycles. The van der Waals surface area contributed by atoms with Gasteiger partial charge in [0, 0.05) is 24.8 Å². The summed E-state index contributed by atoms with van der Waals surface area (Å²) in [7, 11) is 0. The van der Waals surface area contributed by atoms with Crippen molar-refractivity contribution in [3.63, 3.8) is 0 Å². The standard InChI is InChI=1S/C12H14ClN5O/c13-6-1-2-8-15-12(17-18(8)5-6)16-10-9(14)7-3-4-19-11(7)10/h1-2,5,7,9-11H,3-4,14H2,(H,16,17). The van der Waals surface area contributed by atoms with Crippen molar-refractivity contribution in [1.82, 2.24) is 14.6 Å². The van der Waals surface area contributed by atoms with Crippen LogP contribution >= 0.6 is 11.6 Å². The Morgan fingerprint density at radius 2 is 2.37 bits per heavy atom. The maximum absolute atomic E-state index is 6.15. The Morgan fingerprint density at radius 1 is 1.47 bits per heavy atom. The second-order valence-corrected chi connectivity index (χ2v) is 5.56. The van der Waals surface area contributed by atoms with Gasteiger partial charge in [-0.2, -0.15) is 4.98 Å². The first-order chi connectivity index (χ1) is 9.22. The molecule has 6 nitrogen and oxygen atoms in total. The van der Waals surface area contributed by atoms with E-state index >= 15 is 0 Å². The minimum Gasteiger partial charge on any atom is -0.376 e. The summed E-state index contributed by atoms with van der Waals surface area (Å²) < 4.78 is 7.33. The van der Waals surface area contributed by atoms with E-state index in [0.717, 1.165) is 18.7 Å². The predicted molar refractivity (Wildman–Crippen MR) is 71.2 cm³/mol. The van der Waals surface area contributed by atoms with Crippen LogP contribution in [0.3, 0.4) is 0 Å². The molecule has 2 aliphatic rings. The molecule has 1 saturated heterocycles. The van der Waals surface area contributed by atoms with Crippen LogP contribution in [0.25, 0.3) is 5.65 Å². The van der Waals surface area contributed by atoms with Crippen LogP contribution in [0.2, 0.25) is 5.02 Å². The Balaban J connectivity index is 1.58. The SMILES string of the molecule is NC1C2CCOC2C1Nc1nc2ccc(Cl)cn2n1. The molecule has 0 spiro atoms. The van der Waals surface area contributed by atoms with Crippen LogP contribution in [0.4, 0.5) is 5.95 Å². The number of nitrogens with one attached hydrogen (secondary N) is 1. The van der Waals surface area contributed by atoms with Gasteiger partial charge in [-0.15, -0.1) is 5.10 Å². The average molecular weight is 280 g/mol. The Hall–Kier alpha value is -1.37. The second kappa shape index (κ2) is 4.06. The fraction of sp³-hybridized carbons (Fsp3) is 0.500. The third-order valence-corrected chi connectivity index (χ3v) is 4.26. The lowest BCUT2D eigenvalue weighted by Crippen LogP contribution is -2.65. The van der Waals surface area contributed by atoms with Gasteiger partial charge in [-0.25, -0.2) is 4.52 Å². The molecule has 2 aromatic rings. The molecule has 0 bridgehead atoms. The van der Waals surface area contributed by atoms with Crippen molar-refractivity contribution in [2.45, 2.75) is 24.6 Å². The van der Waals surface area contributed by atoms with Gasteiger partial charge in [0.15, 0.2) is 5.65 Å². The Kier molecular flexibility index (Phi) is 2.45. The van der Waals surface area contributed by atoms with E-state index in [2.05, 4.69) is 15.4 Å². The summed E-state index contributed by atoms with van der Waals surface area (Å²) in [6, 6.07) is 3.83. The zero-order valence-corrected chi connectivity index (χ0v) is 10.9. The first-order valence-corrected chi connectivity index (χ1v) is 6.76. The van der Waals surface area contributed by atoms with Crippen LogP contribution in [0.5, 0.6) is 0 Å². The van der Waals surface area contributed by atoms with Crippen LogP contribution in [-0.4, -0.2) is 39.4 Å². The number of hydrogen-bond acceptors (Lipinski definition) is 5. The molecule has 3 N–H and O–H groups in total. The molecule has 7 heteroatoms. The van der Waals surface area contributed by atoms with E-state index in [9.17, 15) is 0 Å². The number of halogens is 1. The van der Waals surface area contributed by atoms with Gasteiger partial charge in [0.05, 0.1) is 17.2 Å². The van der Waals surface area contributed by atoms with E-state index in [1.165, 1.54) is 0 Å². The van der Waals surface area contributed by atoms with E-state index in [1.54, 1.807) is 16.8 Å². The number of rotatable bonds is 2. The van der Waals surface area contributed by atoms with Crippen molar-refractivity contribution < 1.29 is 4.74 Å². The van der Waals surface area contributed by atoms with Crippen LogP contribution < -0.4 is 11.1 Å². The van der Waals surface area contributed by atoms with Crippen LogP contribution in [0.1, 0.15) is 6.42 Å². The highest BCUT2D eigenvalue weighted by Gasteiger charge is 2.52. The van der Waals surface area contributed by atoms with E-state index in [4.69, 9.17) is 22.1 Å². The number of fused-ring (bicyclic) bond motifs is 2. The number of hydrogen-bond donors (Lipinski definition) is 2. The topological polar surface area (TPSA) is 77.5 Å². The van der Waals surface area contributed by atoms with Gasteiger partial charge >= 0.3 is 0 Å². The number of anilines is 1. The lowest BCUT2D eigenvalue weighted by Gasteiger charge is -2.45. The minimum atomic E-state index is 0.0976. The molecule has 4 rings (SSSR count). The average Bonchev–Trinajstić information content (AvgIpc) is 2.98. The first kappa shape index (κ1) is 11.5. The van der Waals surface area contributed by atoms with Crippen molar-refractivity contribution >= 4 is 23.2 Å². The largest absolute Gasteiger partial charge is 0.376 e. The van der Waals surface area contributed by atoms with Crippen LogP contribution in [-0.2, 0) is 4.74 Å². The zero-order chi connectivity index (χ0) is 13.0. The van der Waals surface area contributed by atoms with Gasteiger partial charge < -0.3 is 15.8 Å². The molecular formula is C12H14ClN5O. The third kappa shape index (κ3) is 1.71. The summed E-state index contributed by atoms with van der Waals surface area (Å²) in [5, 5.41) is 8.24. The van der Waals surface area contributed by atoms with Crippen molar-refractivity contribution in [3.05, 3.63) is 23.4 Å². The lowest BCUT2D eigenvalue weighted by atomic mass is 9.72. The highest BCUT2D eigenvalue weighted by molar-refractivity contribution is 6.30. The quantitative estimate of drug-likeness (QED) is 0.854. The summed E-state index contributed by atoms with van der Waals surface area (Å²) in [5.74, 6) is 1.04. The fourth-order valence-corrected chi connectivity index (χ4v) is 3.15. The van der Waals surface area contributed by atoms with Gasteiger partial charge in [-0.1, -0.05) is 11.6 Å². The Bertz CT molecular complexity index is 630. The monoisotopic (exact) mass is 279 g/mol. The molecule has 2 aromatic heterocycles. The molecule has 19 heavy (non-hydrogen) atoms. The maximum atomic E-state index is 6.15. The normalized spacial score (nSPS) is 33.2. The van der Waals surface area contributed by atoms with Crippen LogP contribution in [0.15, 0.2) is 18.3 Å². The highest BCUT2D eigenvalue weighted by atomic mass is 35.5. The summed E-state index contributed by atoms with van der Waals surface area (Å²) in [6.07, 6.45) is 2.98. The molecular weight excluding hydrogens is 266 g/mol. The maximum Gasteiger partial charge on any atom is 0.243 e. The van der Waals surface area contributed by atoms with Crippen molar-refractivity contribution in [2.24, 2.45) is 11.7 Å². The van der Waals surface area contributed by atoms with Crippen molar-refractivity contribution in [2.75, 3.05) is 11.9 Å². The number of aromatic nitrogens is 3. The van der Waals surface area contributed by atoms with Gasteiger partial charge in [0.1, 0.15) is 0 Å². The highest BCUT2D eigenvalue weighted by Crippen LogP contribution is 2.38. The molecule has 100 valence electrons. The van der Waals surface area contributed by atoms with E-state index in [-0.39, 0.29) is 18.2 Å². The van der Waals surface area contributed by atoms with E-state index in [0.29, 0.717) is 16.9 Å². The van der Waals surface area contributed by atoms with Crippen LogP contribution in [0, 0.1) is 5.92 Å². The first-order valence-electron chi connectivity index (χ1n) is 6.38.